The summed E-state index contributed by atoms with van der Waals surface area (Å²) in [7, 11) is 0. The molecule has 0 spiro atoms. The summed E-state index contributed by atoms with van der Waals surface area (Å²) in [4.78, 5) is 0. The highest BCUT2D eigenvalue weighted by Gasteiger charge is 2.24. The molecule has 0 radical (unpaired) electrons. The van der Waals surface area contributed by atoms with Crippen LogP contribution in [0.1, 0.15) is 47.9 Å². The van der Waals surface area contributed by atoms with E-state index in [0.29, 0.717) is 5.92 Å². The van der Waals surface area contributed by atoms with Gasteiger partial charge in [0.25, 0.3) is 0 Å². The van der Waals surface area contributed by atoms with Gasteiger partial charge in [0.15, 0.2) is 0 Å². The Hall–Kier alpha value is -0.820. The topological polar surface area (TPSA) is 26.0 Å². The zero-order valence-electron chi connectivity index (χ0n) is 12.1. The first-order chi connectivity index (χ1) is 8.61. The molecule has 0 heterocycles. The van der Waals surface area contributed by atoms with Crippen LogP contribution in [0.5, 0.6) is 0 Å². The summed E-state index contributed by atoms with van der Waals surface area (Å²) in [5.41, 5.74) is 11.8. The van der Waals surface area contributed by atoms with Gasteiger partial charge in [0.2, 0.25) is 0 Å². The van der Waals surface area contributed by atoms with Crippen LogP contribution in [0.2, 0.25) is 0 Å². The molecule has 1 heteroatoms. The van der Waals surface area contributed by atoms with Gasteiger partial charge in [0.1, 0.15) is 0 Å². The minimum atomic E-state index is 0.688. The Labute approximate surface area is 112 Å². The van der Waals surface area contributed by atoms with E-state index in [2.05, 4.69) is 32.9 Å². The second-order valence-electron chi connectivity index (χ2n) is 6.12. The summed E-state index contributed by atoms with van der Waals surface area (Å²) < 4.78 is 0. The minimum absolute atomic E-state index is 0.688. The van der Waals surface area contributed by atoms with Gasteiger partial charge in [0, 0.05) is 0 Å². The van der Waals surface area contributed by atoms with E-state index >= 15 is 0 Å². The molecule has 100 valence electrons. The molecule has 1 aromatic rings. The highest BCUT2D eigenvalue weighted by molar-refractivity contribution is 5.37. The van der Waals surface area contributed by atoms with E-state index in [1.165, 1.54) is 48.8 Å². The highest BCUT2D eigenvalue weighted by Crippen LogP contribution is 2.33. The molecule has 18 heavy (non-hydrogen) atoms. The van der Waals surface area contributed by atoms with E-state index < -0.39 is 0 Å². The predicted molar refractivity (Wildman–Crippen MR) is 78.9 cm³/mol. The lowest BCUT2D eigenvalue weighted by Crippen LogP contribution is -2.24. The largest absolute Gasteiger partial charge is 0.330 e. The third-order valence-corrected chi connectivity index (χ3v) is 4.68. The van der Waals surface area contributed by atoms with Crippen LogP contribution in [0.3, 0.4) is 0 Å². The zero-order valence-corrected chi connectivity index (χ0v) is 12.1. The summed E-state index contributed by atoms with van der Waals surface area (Å²) in [5.74, 6) is 1.56. The Morgan fingerprint density at radius 1 is 1.11 bits per heavy atom. The third-order valence-electron chi connectivity index (χ3n) is 4.68. The molecular formula is C17H27N. The van der Waals surface area contributed by atoms with Gasteiger partial charge < -0.3 is 5.73 Å². The number of aryl methyl sites for hydroxylation is 3. The van der Waals surface area contributed by atoms with Crippen LogP contribution in [0.4, 0.5) is 0 Å². The van der Waals surface area contributed by atoms with Crippen molar-refractivity contribution in [3.63, 3.8) is 0 Å². The zero-order chi connectivity index (χ0) is 13.1. The van der Waals surface area contributed by atoms with E-state index in [9.17, 15) is 0 Å². The summed E-state index contributed by atoms with van der Waals surface area (Å²) in [6.07, 6.45) is 6.79. The lowest BCUT2D eigenvalue weighted by atomic mass is 9.83. The molecule has 1 atom stereocenters. The Morgan fingerprint density at radius 2 is 1.67 bits per heavy atom. The molecule has 0 bridgehead atoms. The highest BCUT2D eigenvalue weighted by atomic mass is 14.6. The van der Waals surface area contributed by atoms with Gasteiger partial charge in [-0.25, -0.2) is 0 Å². The molecule has 1 fully saturated rings. The van der Waals surface area contributed by atoms with Crippen molar-refractivity contribution in [3.8, 4) is 0 Å². The Kier molecular flexibility index (Phi) is 4.45. The molecule has 1 saturated carbocycles. The number of rotatable bonds is 4. The molecular weight excluding hydrogens is 218 g/mol. The first-order valence-electron chi connectivity index (χ1n) is 7.38. The lowest BCUT2D eigenvalue weighted by Gasteiger charge is -2.24. The Morgan fingerprint density at radius 3 is 2.17 bits per heavy atom. The van der Waals surface area contributed by atoms with Crippen LogP contribution in [-0.4, -0.2) is 6.54 Å². The summed E-state index contributed by atoms with van der Waals surface area (Å²) >= 11 is 0. The van der Waals surface area contributed by atoms with Crippen LogP contribution in [0.25, 0.3) is 0 Å². The Balaban J connectivity index is 2.16. The fraction of sp³-hybridized carbons (Fsp3) is 0.647. The van der Waals surface area contributed by atoms with Crippen molar-refractivity contribution >= 4 is 0 Å². The van der Waals surface area contributed by atoms with E-state index in [0.717, 1.165) is 12.5 Å². The standard InChI is InChI=1S/C17H27N/c1-12-8-13(2)17(14(3)9-12)10-16(11-18)15-6-4-5-7-15/h8-9,15-16H,4-7,10-11,18H2,1-3H3. The van der Waals surface area contributed by atoms with Crippen LogP contribution in [0.15, 0.2) is 12.1 Å². The molecule has 1 aliphatic carbocycles. The summed E-state index contributed by atoms with van der Waals surface area (Å²) in [6.45, 7) is 7.52. The molecule has 1 nitrogen and oxygen atoms in total. The minimum Gasteiger partial charge on any atom is -0.330 e. The van der Waals surface area contributed by atoms with E-state index in [1.807, 2.05) is 0 Å². The van der Waals surface area contributed by atoms with E-state index in [4.69, 9.17) is 5.73 Å². The number of hydrogen-bond acceptors (Lipinski definition) is 1. The van der Waals surface area contributed by atoms with Gasteiger partial charge in [-0.2, -0.15) is 0 Å². The number of nitrogens with two attached hydrogens (primary N) is 1. The fourth-order valence-corrected chi connectivity index (χ4v) is 3.67. The monoisotopic (exact) mass is 245 g/mol. The first-order valence-corrected chi connectivity index (χ1v) is 7.38. The van der Waals surface area contributed by atoms with Crippen molar-refractivity contribution in [3.05, 3.63) is 34.4 Å². The predicted octanol–water partition coefficient (Wildman–Crippen LogP) is 3.92. The normalized spacial score (nSPS) is 18.2. The van der Waals surface area contributed by atoms with Gasteiger partial charge in [0.05, 0.1) is 0 Å². The van der Waals surface area contributed by atoms with E-state index in [-0.39, 0.29) is 0 Å². The Bertz CT molecular complexity index is 379. The van der Waals surface area contributed by atoms with Crippen LogP contribution >= 0.6 is 0 Å². The van der Waals surface area contributed by atoms with Crippen molar-refractivity contribution in [2.45, 2.75) is 52.9 Å². The maximum atomic E-state index is 6.03. The second-order valence-corrected chi connectivity index (χ2v) is 6.12. The maximum absolute atomic E-state index is 6.03. The summed E-state index contributed by atoms with van der Waals surface area (Å²) in [5, 5.41) is 0. The van der Waals surface area contributed by atoms with Crippen molar-refractivity contribution in [2.24, 2.45) is 17.6 Å². The van der Waals surface area contributed by atoms with E-state index in [1.54, 1.807) is 5.56 Å². The van der Waals surface area contributed by atoms with Crippen molar-refractivity contribution in [1.29, 1.82) is 0 Å². The molecule has 1 aliphatic rings. The molecule has 1 aromatic carbocycles. The van der Waals surface area contributed by atoms with Crippen LogP contribution in [0, 0.1) is 32.6 Å². The van der Waals surface area contributed by atoms with Crippen molar-refractivity contribution < 1.29 is 0 Å². The van der Waals surface area contributed by atoms with Gasteiger partial charge >= 0.3 is 0 Å². The first kappa shape index (κ1) is 13.6. The second kappa shape index (κ2) is 5.88. The molecule has 0 aromatic heterocycles. The van der Waals surface area contributed by atoms with Gasteiger partial charge in [-0.1, -0.05) is 43.4 Å². The quantitative estimate of drug-likeness (QED) is 0.855. The van der Waals surface area contributed by atoms with Crippen molar-refractivity contribution in [1.82, 2.24) is 0 Å². The molecule has 0 aliphatic heterocycles. The molecule has 0 saturated heterocycles. The lowest BCUT2D eigenvalue weighted by molar-refractivity contribution is 0.344. The van der Waals surface area contributed by atoms with Crippen LogP contribution in [-0.2, 0) is 6.42 Å². The van der Waals surface area contributed by atoms with Crippen molar-refractivity contribution in [2.75, 3.05) is 6.54 Å². The van der Waals surface area contributed by atoms with Gasteiger partial charge in [-0.3, -0.25) is 0 Å². The molecule has 1 unspecified atom stereocenters. The number of benzene rings is 1. The third kappa shape index (κ3) is 2.95. The SMILES string of the molecule is Cc1cc(C)c(CC(CN)C2CCCC2)c(C)c1. The fourth-order valence-electron chi connectivity index (χ4n) is 3.67. The van der Waals surface area contributed by atoms with Gasteiger partial charge in [-0.05, 0) is 62.3 Å². The van der Waals surface area contributed by atoms with Crippen LogP contribution < -0.4 is 5.73 Å². The maximum Gasteiger partial charge on any atom is -0.00430 e. The number of hydrogen-bond donors (Lipinski definition) is 1. The molecule has 2 rings (SSSR count). The average Bonchev–Trinajstić information content (AvgIpc) is 2.81. The molecule has 2 N–H and O–H groups in total. The smallest absolute Gasteiger partial charge is 0.00430 e. The summed E-state index contributed by atoms with van der Waals surface area (Å²) in [6, 6.07) is 4.62. The average molecular weight is 245 g/mol. The molecule has 0 amide bonds. The van der Waals surface area contributed by atoms with Gasteiger partial charge in [-0.15, -0.1) is 0 Å².